The highest BCUT2D eigenvalue weighted by Gasteiger charge is 2.28. The summed E-state index contributed by atoms with van der Waals surface area (Å²) < 4.78 is 13.6. The predicted molar refractivity (Wildman–Crippen MR) is 130 cm³/mol. The number of halogens is 2. The van der Waals surface area contributed by atoms with E-state index in [9.17, 15) is 14.0 Å². The lowest BCUT2D eigenvalue weighted by Gasteiger charge is -2.36. The van der Waals surface area contributed by atoms with Gasteiger partial charge < -0.3 is 20.1 Å². The Morgan fingerprint density at radius 1 is 1.24 bits per heavy atom. The number of fused-ring (bicyclic) bond motifs is 1. The zero-order valence-electron chi connectivity index (χ0n) is 18.8. The Bertz CT molecular complexity index is 1210. The van der Waals surface area contributed by atoms with E-state index >= 15 is 0 Å². The van der Waals surface area contributed by atoms with Gasteiger partial charge in [0.15, 0.2) is 0 Å². The van der Waals surface area contributed by atoms with Gasteiger partial charge in [0.25, 0.3) is 5.56 Å². The number of hydrogen-bond donors (Lipinski definition) is 2. The van der Waals surface area contributed by atoms with E-state index in [4.69, 9.17) is 11.6 Å². The molecule has 6 nitrogen and oxygen atoms in total. The Balaban J connectivity index is 1.66. The van der Waals surface area contributed by atoms with Crippen molar-refractivity contribution in [3.05, 3.63) is 75.4 Å². The summed E-state index contributed by atoms with van der Waals surface area (Å²) in [6.07, 6.45) is 3.70. The van der Waals surface area contributed by atoms with Crippen molar-refractivity contribution in [2.45, 2.75) is 25.8 Å². The number of H-pyrrole nitrogens is 1. The highest BCUT2D eigenvalue weighted by atomic mass is 35.5. The lowest BCUT2D eigenvalue weighted by atomic mass is 9.94. The fraction of sp³-hybridized carbons (Fsp3) is 0.360. The van der Waals surface area contributed by atoms with Crippen LogP contribution in [-0.2, 0) is 0 Å². The lowest BCUT2D eigenvalue weighted by molar-refractivity contribution is 0.148. The zero-order chi connectivity index (χ0) is 23.5. The van der Waals surface area contributed by atoms with Gasteiger partial charge in [-0.25, -0.2) is 9.18 Å². The van der Waals surface area contributed by atoms with Crippen molar-refractivity contribution in [1.29, 1.82) is 0 Å². The normalized spacial score (nSPS) is 16.0. The number of nitrogens with one attached hydrogen (secondary N) is 2. The molecule has 8 heteroatoms. The molecule has 1 fully saturated rings. The van der Waals surface area contributed by atoms with Crippen molar-refractivity contribution in [2.75, 3.05) is 32.0 Å². The molecule has 4 rings (SSSR count). The zero-order valence-corrected chi connectivity index (χ0v) is 19.5. The van der Waals surface area contributed by atoms with E-state index in [2.05, 4.69) is 22.2 Å². The Labute approximate surface area is 197 Å². The molecule has 0 spiro atoms. The van der Waals surface area contributed by atoms with Crippen molar-refractivity contribution in [1.82, 2.24) is 14.8 Å². The van der Waals surface area contributed by atoms with E-state index < -0.39 is 5.82 Å². The molecule has 1 aromatic heterocycles. The maximum atomic E-state index is 13.6. The maximum absolute atomic E-state index is 13.6. The molecule has 33 heavy (non-hydrogen) atoms. The van der Waals surface area contributed by atoms with Gasteiger partial charge >= 0.3 is 6.03 Å². The number of aromatic amines is 1. The predicted octanol–water partition coefficient (Wildman–Crippen LogP) is 5.26. The third-order valence-corrected chi connectivity index (χ3v) is 6.77. The first-order chi connectivity index (χ1) is 15.8. The van der Waals surface area contributed by atoms with Gasteiger partial charge in [-0.1, -0.05) is 29.8 Å². The van der Waals surface area contributed by atoms with Crippen LogP contribution in [0.15, 0.2) is 53.5 Å². The number of nitrogens with zero attached hydrogens (tertiary/aromatic N) is 2. The maximum Gasteiger partial charge on any atom is 0.322 e. The molecule has 2 aromatic carbocycles. The van der Waals surface area contributed by atoms with Crippen molar-refractivity contribution in [2.24, 2.45) is 5.92 Å². The number of carbonyl (C=O) groups excluding carboxylic acids is 1. The van der Waals surface area contributed by atoms with E-state index in [0.717, 1.165) is 36.9 Å². The summed E-state index contributed by atoms with van der Waals surface area (Å²) in [4.78, 5) is 32.7. The number of rotatable bonds is 5. The third-order valence-electron chi connectivity index (χ3n) is 6.48. The van der Waals surface area contributed by atoms with Crippen LogP contribution in [0.4, 0.5) is 14.9 Å². The molecule has 1 aliphatic rings. The summed E-state index contributed by atoms with van der Waals surface area (Å²) in [7, 11) is 2.11. The Kier molecular flexibility index (Phi) is 7.00. The largest absolute Gasteiger partial charge is 0.328 e. The molecule has 3 aromatic rings. The summed E-state index contributed by atoms with van der Waals surface area (Å²) in [6.45, 7) is 4.52. The average molecular weight is 471 g/mol. The van der Waals surface area contributed by atoms with Crippen LogP contribution in [0.2, 0.25) is 5.02 Å². The van der Waals surface area contributed by atoms with Crippen LogP contribution in [0, 0.1) is 11.7 Å². The number of carbonyl (C=O) groups is 1. The van der Waals surface area contributed by atoms with Gasteiger partial charge in [0.05, 0.1) is 11.1 Å². The summed E-state index contributed by atoms with van der Waals surface area (Å²) >= 11 is 5.91. The summed E-state index contributed by atoms with van der Waals surface area (Å²) in [5, 5.41) is 4.23. The van der Waals surface area contributed by atoms with E-state index in [1.54, 1.807) is 17.2 Å². The number of aromatic nitrogens is 1. The van der Waals surface area contributed by atoms with Crippen LogP contribution in [0.25, 0.3) is 10.8 Å². The second kappa shape index (κ2) is 9.93. The smallest absolute Gasteiger partial charge is 0.322 e. The summed E-state index contributed by atoms with van der Waals surface area (Å²) in [5.74, 6) is -0.175. The molecule has 1 unspecified atom stereocenters. The standard InChI is InChI=1S/C25H28ClFN4O2/c1-16(21-14-28-24(32)20-6-4-3-5-19(20)21)31(15-17-9-11-30(2)12-10-17)25(33)29-18-7-8-23(27)22(26)13-18/h3-8,13-14,16-17H,9-12,15H2,1-2H3,(H,28,32)(H,29,33). The quantitative estimate of drug-likeness (QED) is 0.534. The molecule has 2 heterocycles. The number of anilines is 1. The molecule has 0 bridgehead atoms. The van der Waals surface area contributed by atoms with E-state index in [0.29, 0.717) is 23.5 Å². The second-order valence-electron chi connectivity index (χ2n) is 8.75. The summed E-state index contributed by atoms with van der Waals surface area (Å²) in [5.41, 5.74) is 1.14. The number of benzene rings is 2. The Hall–Kier alpha value is -2.90. The van der Waals surface area contributed by atoms with E-state index in [1.807, 2.05) is 25.1 Å². The van der Waals surface area contributed by atoms with Gasteiger partial charge in [0.2, 0.25) is 0 Å². The minimum absolute atomic E-state index is 0.0469. The third kappa shape index (κ3) is 5.20. The van der Waals surface area contributed by atoms with Crippen molar-refractivity contribution in [3.63, 3.8) is 0 Å². The second-order valence-corrected chi connectivity index (χ2v) is 9.16. The van der Waals surface area contributed by atoms with E-state index in [1.165, 1.54) is 18.2 Å². The van der Waals surface area contributed by atoms with Crippen LogP contribution >= 0.6 is 11.6 Å². The topological polar surface area (TPSA) is 68.4 Å². The first-order valence-electron chi connectivity index (χ1n) is 11.1. The molecule has 2 N–H and O–H groups in total. The van der Waals surface area contributed by atoms with Gasteiger partial charge in [0, 0.05) is 23.8 Å². The number of likely N-dealkylation sites (tertiary alicyclic amines) is 1. The lowest BCUT2D eigenvalue weighted by Crippen LogP contribution is -2.43. The van der Waals surface area contributed by atoms with Crippen LogP contribution in [-0.4, -0.2) is 47.5 Å². The molecule has 2 amide bonds. The van der Waals surface area contributed by atoms with Gasteiger partial charge in [-0.2, -0.15) is 0 Å². The Morgan fingerprint density at radius 2 is 1.94 bits per heavy atom. The van der Waals surface area contributed by atoms with Crippen molar-refractivity contribution < 1.29 is 9.18 Å². The first kappa shape index (κ1) is 23.3. The van der Waals surface area contributed by atoms with Crippen LogP contribution in [0.5, 0.6) is 0 Å². The van der Waals surface area contributed by atoms with Gasteiger partial charge in [-0.3, -0.25) is 4.79 Å². The number of amides is 2. The molecule has 0 aliphatic carbocycles. The SMILES string of the molecule is CC(c1c[nH]c(=O)c2ccccc12)N(CC1CCN(C)CC1)C(=O)Nc1ccc(F)c(Cl)c1. The fourth-order valence-corrected chi connectivity index (χ4v) is 4.63. The molecule has 1 aliphatic heterocycles. The van der Waals surface area contributed by atoms with Gasteiger partial charge in [-0.05, 0) is 81.0 Å². The summed E-state index contributed by atoms with van der Waals surface area (Å²) in [6, 6.07) is 10.9. The first-order valence-corrected chi connectivity index (χ1v) is 11.5. The van der Waals surface area contributed by atoms with Crippen molar-refractivity contribution >= 4 is 34.1 Å². The molecule has 0 saturated carbocycles. The van der Waals surface area contributed by atoms with Crippen LogP contribution in [0.1, 0.15) is 31.4 Å². The molecule has 1 saturated heterocycles. The van der Waals surface area contributed by atoms with Gasteiger partial charge in [0.1, 0.15) is 5.82 Å². The number of urea groups is 1. The molecular formula is C25H28ClFN4O2. The number of hydrogen-bond acceptors (Lipinski definition) is 3. The van der Waals surface area contributed by atoms with E-state index in [-0.39, 0.29) is 22.7 Å². The Morgan fingerprint density at radius 3 is 2.64 bits per heavy atom. The van der Waals surface area contributed by atoms with Crippen LogP contribution in [0.3, 0.4) is 0 Å². The highest BCUT2D eigenvalue weighted by Crippen LogP contribution is 2.29. The number of piperidine rings is 1. The molecule has 1 atom stereocenters. The van der Waals surface area contributed by atoms with Gasteiger partial charge in [-0.15, -0.1) is 0 Å². The minimum atomic E-state index is -0.536. The fourth-order valence-electron chi connectivity index (χ4n) is 4.45. The molecular weight excluding hydrogens is 443 g/mol. The average Bonchev–Trinajstić information content (AvgIpc) is 2.81. The minimum Gasteiger partial charge on any atom is -0.328 e. The molecule has 174 valence electrons. The molecule has 0 radical (unpaired) electrons. The monoisotopic (exact) mass is 470 g/mol. The van der Waals surface area contributed by atoms with Crippen molar-refractivity contribution in [3.8, 4) is 0 Å². The number of pyridine rings is 1. The highest BCUT2D eigenvalue weighted by molar-refractivity contribution is 6.31. The van der Waals surface area contributed by atoms with Crippen LogP contribution < -0.4 is 10.9 Å².